The number of methoxy groups -OCH3 is 1. The maximum absolute atomic E-state index is 11.5. The molecular weight excluding hydrogens is 335 g/mol. The molecule has 1 N–H and O–H groups in total. The molecule has 0 spiro atoms. The molecule has 2 aromatic rings. The first-order chi connectivity index (χ1) is 11.0. The number of benzene rings is 2. The molecule has 5 heteroatoms. The molecule has 0 aromatic heterocycles. The Morgan fingerprint density at radius 3 is 2.39 bits per heavy atom. The molecule has 0 aliphatic heterocycles. The molecule has 122 valence electrons. The molecule has 2 aromatic carbocycles. The van der Waals surface area contributed by atoms with Crippen molar-refractivity contribution in [3.05, 3.63) is 69.7 Å². The summed E-state index contributed by atoms with van der Waals surface area (Å²) in [4.78, 5) is 11.5. The summed E-state index contributed by atoms with van der Waals surface area (Å²) >= 11 is 12.0. The summed E-state index contributed by atoms with van der Waals surface area (Å²) in [6.45, 7) is 0. The number of aliphatic hydroxyl groups is 1. The van der Waals surface area contributed by atoms with Crippen LogP contribution in [0.1, 0.15) is 36.0 Å². The minimum absolute atomic E-state index is 0.221. The summed E-state index contributed by atoms with van der Waals surface area (Å²) < 4.78 is 4.70. The topological polar surface area (TPSA) is 46.5 Å². The Hall–Kier alpha value is -1.55. The van der Waals surface area contributed by atoms with E-state index in [0.717, 1.165) is 11.1 Å². The van der Waals surface area contributed by atoms with Crippen molar-refractivity contribution in [2.75, 3.05) is 7.11 Å². The van der Waals surface area contributed by atoms with Gasteiger partial charge >= 0.3 is 5.97 Å². The maximum Gasteiger partial charge on any atom is 0.305 e. The lowest BCUT2D eigenvalue weighted by Gasteiger charge is -2.24. The van der Waals surface area contributed by atoms with Crippen LogP contribution in [0.15, 0.2) is 48.5 Å². The standard InChI is InChI=1S/C18H18Cl2O3/c1-23-17(21)10-9-16(13-3-2-4-15(20)11-13)18(22)12-5-7-14(19)8-6-12/h2-8,11,16,18,22H,9-10H2,1H3/t16-,18+/m1/s1. The van der Waals surface area contributed by atoms with E-state index in [1.165, 1.54) is 7.11 Å². The first-order valence-electron chi connectivity index (χ1n) is 7.27. The zero-order valence-electron chi connectivity index (χ0n) is 12.7. The Labute approximate surface area is 145 Å². The highest BCUT2D eigenvalue weighted by molar-refractivity contribution is 6.30. The Bertz CT molecular complexity index is 656. The highest BCUT2D eigenvalue weighted by atomic mass is 35.5. The molecule has 0 aliphatic rings. The Morgan fingerprint density at radius 2 is 1.78 bits per heavy atom. The highest BCUT2D eigenvalue weighted by Crippen LogP contribution is 2.36. The molecule has 0 radical (unpaired) electrons. The van der Waals surface area contributed by atoms with Crippen LogP contribution >= 0.6 is 23.2 Å². The number of carbonyl (C=O) groups excluding carboxylic acids is 1. The molecule has 0 saturated carbocycles. The van der Waals surface area contributed by atoms with Crippen molar-refractivity contribution >= 4 is 29.2 Å². The Balaban J connectivity index is 2.28. The van der Waals surface area contributed by atoms with Crippen molar-refractivity contribution < 1.29 is 14.6 Å². The fraction of sp³-hybridized carbons (Fsp3) is 0.278. The van der Waals surface area contributed by atoms with E-state index in [0.29, 0.717) is 16.5 Å². The van der Waals surface area contributed by atoms with Crippen LogP contribution in [0.2, 0.25) is 10.0 Å². The summed E-state index contributed by atoms with van der Waals surface area (Å²) in [5.74, 6) is -0.575. The SMILES string of the molecule is COC(=O)CC[C@H](c1cccc(Cl)c1)[C@@H](O)c1ccc(Cl)cc1. The minimum atomic E-state index is -0.768. The molecule has 3 nitrogen and oxygen atoms in total. The predicted octanol–water partition coefficient (Wildman–Crippen LogP) is 4.76. The number of halogens is 2. The number of aliphatic hydroxyl groups excluding tert-OH is 1. The van der Waals surface area contributed by atoms with E-state index in [1.54, 1.807) is 30.3 Å². The Morgan fingerprint density at radius 1 is 1.09 bits per heavy atom. The monoisotopic (exact) mass is 352 g/mol. The van der Waals surface area contributed by atoms with Crippen molar-refractivity contribution in [1.29, 1.82) is 0 Å². The van der Waals surface area contributed by atoms with Gasteiger partial charge in [-0.3, -0.25) is 4.79 Å². The molecular formula is C18H18Cl2O3. The third-order valence-electron chi connectivity index (χ3n) is 3.76. The van der Waals surface area contributed by atoms with Crippen molar-refractivity contribution in [2.24, 2.45) is 0 Å². The highest BCUT2D eigenvalue weighted by Gasteiger charge is 2.24. The lowest BCUT2D eigenvalue weighted by atomic mass is 9.85. The lowest BCUT2D eigenvalue weighted by molar-refractivity contribution is -0.140. The van der Waals surface area contributed by atoms with E-state index in [9.17, 15) is 9.90 Å². The second-order valence-electron chi connectivity index (χ2n) is 5.27. The van der Waals surface area contributed by atoms with Crippen LogP contribution < -0.4 is 0 Å². The van der Waals surface area contributed by atoms with Gasteiger partial charge in [0.15, 0.2) is 0 Å². The van der Waals surface area contributed by atoms with Crippen molar-refractivity contribution in [1.82, 2.24) is 0 Å². The number of ether oxygens (including phenoxy) is 1. The molecule has 0 heterocycles. The van der Waals surface area contributed by atoms with E-state index < -0.39 is 6.10 Å². The summed E-state index contributed by atoms with van der Waals surface area (Å²) in [5, 5.41) is 12.0. The molecule has 2 rings (SSSR count). The van der Waals surface area contributed by atoms with Crippen LogP contribution in [0, 0.1) is 0 Å². The fourth-order valence-corrected chi connectivity index (χ4v) is 2.84. The number of rotatable bonds is 6. The minimum Gasteiger partial charge on any atom is -0.469 e. The van der Waals surface area contributed by atoms with Gasteiger partial charge in [-0.2, -0.15) is 0 Å². The first kappa shape index (κ1) is 17.8. The number of hydrogen-bond acceptors (Lipinski definition) is 3. The van der Waals surface area contributed by atoms with Gasteiger partial charge in [-0.05, 0) is 41.8 Å². The van der Waals surface area contributed by atoms with Gasteiger partial charge in [-0.15, -0.1) is 0 Å². The molecule has 0 amide bonds. The first-order valence-corrected chi connectivity index (χ1v) is 8.02. The van der Waals surface area contributed by atoms with Crippen LogP contribution in [0.25, 0.3) is 0 Å². The van der Waals surface area contributed by atoms with Gasteiger partial charge in [0.2, 0.25) is 0 Å². The van der Waals surface area contributed by atoms with E-state index in [4.69, 9.17) is 27.9 Å². The van der Waals surface area contributed by atoms with Crippen molar-refractivity contribution in [3.63, 3.8) is 0 Å². The van der Waals surface area contributed by atoms with Gasteiger partial charge < -0.3 is 9.84 Å². The van der Waals surface area contributed by atoms with Crippen LogP contribution in [0.3, 0.4) is 0 Å². The molecule has 0 fully saturated rings. The van der Waals surface area contributed by atoms with E-state index >= 15 is 0 Å². The summed E-state index contributed by atoms with van der Waals surface area (Å²) in [7, 11) is 1.35. The number of hydrogen-bond donors (Lipinski definition) is 1. The second-order valence-corrected chi connectivity index (χ2v) is 6.15. The van der Waals surface area contributed by atoms with Crippen LogP contribution in [-0.4, -0.2) is 18.2 Å². The molecule has 23 heavy (non-hydrogen) atoms. The smallest absolute Gasteiger partial charge is 0.305 e. The third-order valence-corrected chi connectivity index (χ3v) is 4.24. The molecule has 0 aliphatic carbocycles. The van der Waals surface area contributed by atoms with Crippen LogP contribution in [-0.2, 0) is 9.53 Å². The number of esters is 1. The van der Waals surface area contributed by atoms with E-state index in [2.05, 4.69) is 0 Å². The average Bonchev–Trinajstić information content (AvgIpc) is 2.55. The largest absolute Gasteiger partial charge is 0.469 e. The average molecular weight is 353 g/mol. The molecule has 0 saturated heterocycles. The summed E-state index contributed by atoms with van der Waals surface area (Å²) in [5.41, 5.74) is 1.62. The second kappa shape index (κ2) is 8.34. The lowest BCUT2D eigenvalue weighted by Crippen LogP contribution is -2.13. The quantitative estimate of drug-likeness (QED) is 0.762. The third kappa shape index (κ3) is 4.96. The normalized spacial score (nSPS) is 13.4. The molecule has 0 bridgehead atoms. The zero-order chi connectivity index (χ0) is 16.8. The van der Waals surface area contributed by atoms with E-state index in [-0.39, 0.29) is 18.3 Å². The van der Waals surface area contributed by atoms with Crippen molar-refractivity contribution in [3.8, 4) is 0 Å². The summed E-state index contributed by atoms with van der Waals surface area (Å²) in [6, 6.07) is 14.3. The van der Waals surface area contributed by atoms with Gasteiger partial charge in [0, 0.05) is 22.4 Å². The molecule has 2 atom stereocenters. The predicted molar refractivity (Wildman–Crippen MR) is 91.9 cm³/mol. The molecule has 0 unspecified atom stereocenters. The van der Waals surface area contributed by atoms with Gasteiger partial charge in [-0.25, -0.2) is 0 Å². The van der Waals surface area contributed by atoms with Gasteiger partial charge in [0.25, 0.3) is 0 Å². The van der Waals surface area contributed by atoms with Gasteiger partial charge in [0.05, 0.1) is 13.2 Å². The Kier molecular flexibility index (Phi) is 6.46. The fourth-order valence-electron chi connectivity index (χ4n) is 2.51. The maximum atomic E-state index is 11.5. The summed E-state index contributed by atoms with van der Waals surface area (Å²) in [6.07, 6.45) is -0.0924. The number of carbonyl (C=O) groups is 1. The van der Waals surface area contributed by atoms with E-state index in [1.807, 2.05) is 18.2 Å². The zero-order valence-corrected chi connectivity index (χ0v) is 14.2. The van der Waals surface area contributed by atoms with Gasteiger partial charge in [-0.1, -0.05) is 47.5 Å². The van der Waals surface area contributed by atoms with Crippen molar-refractivity contribution in [2.45, 2.75) is 24.9 Å². The van der Waals surface area contributed by atoms with Crippen LogP contribution in [0.5, 0.6) is 0 Å². The van der Waals surface area contributed by atoms with Crippen LogP contribution in [0.4, 0.5) is 0 Å². The van der Waals surface area contributed by atoms with Gasteiger partial charge in [0.1, 0.15) is 0 Å².